The molecule has 0 spiro atoms. The van der Waals surface area contributed by atoms with Crippen molar-refractivity contribution in [3.63, 3.8) is 0 Å². The Hall–Kier alpha value is -3.45. The van der Waals surface area contributed by atoms with Crippen LogP contribution in [0.5, 0.6) is 5.75 Å². The van der Waals surface area contributed by atoms with Crippen molar-refractivity contribution in [2.75, 3.05) is 7.11 Å². The topological polar surface area (TPSA) is 111 Å². The monoisotopic (exact) mass is 276 g/mol. The summed E-state index contributed by atoms with van der Waals surface area (Å²) >= 11 is 0. The average Bonchev–Trinajstić information content (AvgIpc) is 2.96. The Labute approximate surface area is 119 Å². The zero-order chi connectivity index (χ0) is 14.8. The van der Waals surface area contributed by atoms with Crippen molar-refractivity contribution in [1.29, 1.82) is 10.5 Å². The van der Waals surface area contributed by atoms with Gasteiger partial charge in [0.15, 0.2) is 17.0 Å². The molecule has 3 rings (SSSR count). The number of methoxy groups -OCH3 is 1. The molecule has 7 nitrogen and oxygen atoms in total. The van der Waals surface area contributed by atoms with Gasteiger partial charge in [-0.15, -0.1) is 0 Å². The summed E-state index contributed by atoms with van der Waals surface area (Å²) in [6.07, 6.45) is 3.09. The molecule has 0 aliphatic carbocycles. The minimum atomic E-state index is 0.235. The largest absolute Gasteiger partial charge is 0.494 e. The molecule has 100 valence electrons. The number of hydrogen-bond donors (Lipinski definition) is 1. The smallest absolute Gasteiger partial charge is 0.197 e. The molecule has 0 aliphatic heterocycles. The Kier molecular flexibility index (Phi) is 2.94. The fourth-order valence-electron chi connectivity index (χ4n) is 2.07. The van der Waals surface area contributed by atoms with Gasteiger partial charge in [0.05, 0.1) is 12.7 Å². The lowest BCUT2D eigenvalue weighted by atomic mass is 10.0. The highest BCUT2D eigenvalue weighted by Crippen LogP contribution is 2.32. The molecule has 0 saturated carbocycles. The van der Waals surface area contributed by atoms with E-state index in [1.54, 1.807) is 18.3 Å². The summed E-state index contributed by atoms with van der Waals surface area (Å²) in [4.78, 5) is 15.5. The SMILES string of the molecule is COc1c(C#N)ccc(-c2nc3nccnc3[nH]2)c1C#N. The van der Waals surface area contributed by atoms with Gasteiger partial charge in [0, 0.05) is 18.0 Å². The van der Waals surface area contributed by atoms with E-state index in [1.807, 2.05) is 6.07 Å². The number of nitrogens with zero attached hydrogens (tertiary/aromatic N) is 5. The van der Waals surface area contributed by atoms with Crippen molar-refractivity contribution >= 4 is 11.3 Å². The maximum atomic E-state index is 9.37. The molecule has 21 heavy (non-hydrogen) atoms. The maximum Gasteiger partial charge on any atom is 0.197 e. The lowest BCUT2D eigenvalue weighted by Crippen LogP contribution is -1.96. The fourth-order valence-corrected chi connectivity index (χ4v) is 2.07. The molecule has 0 aliphatic rings. The highest BCUT2D eigenvalue weighted by atomic mass is 16.5. The van der Waals surface area contributed by atoms with E-state index in [1.165, 1.54) is 13.3 Å². The quantitative estimate of drug-likeness (QED) is 0.763. The molecule has 1 N–H and O–H groups in total. The molecule has 0 saturated heterocycles. The summed E-state index contributed by atoms with van der Waals surface area (Å²) in [5.74, 6) is 0.689. The first kappa shape index (κ1) is 12.6. The summed E-state index contributed by atoms with van der Waals surface area (Å²) < 4.78 is 5.18. The third kappa shape index (κ3) is 1.94. The third-order valence-corrected chi connectivity index (χ3v) is 2.98. The predicted octanol–water partition coefficient (Wildman–Crippen LogP) is 1.77. The van der Waals surface area contributed by atoms with Crippen LogP contribution < -0.4 is 4.74 Å². The van der Waals surface area contributed by atoms with Crippen LogP contribution in [-0.4, -0.2) is 27.0 Å². The number of ether oxygens (including phenoxy) is 1. The molecule has 7 heteroatoms. The van der Waals surface area contributed by atoms with Crippen molar-refractivity contribution in [3.05, 3.63) is 35.7 Å². The predicted molar refractivity (Wildman–Crippen MR) is 73.1 cm³/mol. The van der Waals surface area contributed by atoms with Crippen molar-refractivity contribution in [3.8, 4) is 29.3 Å². The first-order valence-electron chi connectivity index (χ1n) is 5.96. The van der Waals surface area contributed by atoms with Gasteiger partial charge >= 0.3 is 0 Å². The third-order valence-electron chi connectivity index (χ3n) is 2.98. The standard InChI is InChI=1S/C14H8N6O/c1-21-11-8(6-15)2-3-9(10(11)7-16)12-19-13-14(20-12)18-5-4-17-13/h2-5H,1H3,(H,17,18,19,20). The number of nitriles is 2. The van der Waals surface area contributed by atoms with Crippen LogP contribution in [0.15, 0.2) is 24.5 Å². The average molecular weight is 276 g/mol. The van der Waals surface area contributed by atoms with Crippen molar-refractivity contribution in [1.82, 2.24) is 19.9 Å². The van der Waals surface area contributed by atoms with Crippen LogP contribution in [0.1, 0.15) is 11.1 Å². The fraction of sp³-hybridized carbons (Fsp3) is 0.0714. The van der Waals surface area contributed by atoms with E-state index in [0.717, 1.165) is 0 Å². The van der Waals surface area contributed by atoms with Crippen LogP contribution >= 0.6 is 0 Å². The van der Waals surface area contributed by atoms with Gasteiger partial charge in [-0.05, 0) is 12.1 Å². The van der Waals surface area contributed by atoms with Crippen molar-refractivity contribution in [2.45, 2.75) is 0 Å². The van der Waals surface area contributed by atoms with Crippen LogP contribution in [-0.2, 0) is 0 Å². The van der Waals surface area contributed by atoms with Crippen LogP contribution in [0.25, 0.3) is 22.7 Å². The van der Waals surface area contributed by atoms with E-state index < -0.39 is 0 Å². The number of aromatic amines is 1. The van der Waals surface area contributed by atoms with E-state index in [9.17, 15) is 5.26 Å². The molecule has 0 unspecified atom stereocenters. The van der Waals surface area contributed by atoms with Crippen LogP contribution in [0.4, 0.5) is 0 Å². The zero-order valence-corrected chi connectivity index (χ0v) is 11.0. The highest BCUT2D eigenvalue weighted by Gasteiger charge is 2.18. The molecule has 0 amide bonds. The minimum Gasteiger partial charge on any atom is -0.494 e. The summed E-state index contributed by atoms with van der Waals surface area (Å²) in [6, 6.07) is 7.29. The summed E-state index contributed by atoms with van der Waals surface area (Å²) in [7, 11) is 1.42. The van der Waals surface area contributed by atoms with Crippen LogP contribution in [0.3, 0.4) is 0 Å². The van der Waals surface area contributed by atoms with Crippen LogP contribution in [0.2, 0.25) is 0 Å². The molecule has 0 bridgehead atoms. The first-order valence-corrected chi connectivity index (χ1v) is 5.96. The Balaban J connectivity index is 2.28. The lowest BCUT2D eigenvalue weighted by Gasteiger charge is -2.08. The van der Waals surface area contributed by atoms with Gasteiger partial charge in [-0.25, -0.2) is 15.0 Å². The van der Waals surface area contributed by atoms with E-state index in [4.69, 9.17) is 10.00 Å². The Morgan fingerprint density at radius 3 is 2.62 bits per heavy atom. The number of rotatable bonds is 2. The van der Waals surface area contributed by atoms with Crippen molar-refractivity contribution < 1.29 is 4.74 Å². The van der Waals surface area contributed by atoms with Crippen molar-refractivity contribution in [2.24, 2.45) is 0 Å². The molecule has 3 aromatic rings. The Morgan fingerprint density at radius 1 is 1.14 bits per heavy atom. The molecule has 1 aromatic carbocycles. The molecular weight excluding hydrogens is 268 g/mol. The molecule has 2 aromatic heterocycles. The Bertz CT molecular complexity index is 882. The first-order chi connectivity index (χ1) is 10.3. The summed E-state index contributed by atoms with van der Waals surface area (Å²) in [6.45, 7) is 0. The number of fused-ring (bicyclic) bond motifs is 1. The molecule has 0 radical (unpaired) electrons. The van der Waals surface area contributed by atoms with E-state index in [-0.39, 0.29) is 11.3 Å². The molecule has 2 heterocycles. The molecular formula is C14H8N6O. The van der Waals surface area contributed by atoms with E-state index in [0.29, 0.717) is 28.2 Å². The number of hydrogen-bond acceptors (Lipinski definition) is 6. The van der Waals surface area contributed by atoms with E-state index >= 15 is 0 Å². The second kappa shape index (κ2) is 4.91. The van der Waals surface area contributed by atoms with Gasteiger partial charge in [0.1, 0.15) is 23.5 Å². The normalized spacial score (nSPS) is 10.0. The summed E-state index contributed by atoms with van der Waals surface area (Å²) in [5, 5.41) is 18.4. The second-order valence-corrected chi connectivity index (χ2v) is 4.11. The van der Waals surface area contributed by atoms with Gasteiger partial charge in [-0.3, -0.25) is 0 Å². The highest BCUT2D eigenvalue weighted by molar-refractivity contribution is 5.77. The second-order valence-electron chi connectivity index (χ2n) is 4.11. The van der Waals surface area contributed by atoms with Gasteiger partial charge in [-0.2, -0.15) is 10.5 Å². The number of aromatic nitrogens is 4. The lowest BCUT2D eigenvalue weighted by molar-refractivity contribution is 0.412. The van der Waals surface area contributed by atoms with Gasteiger partial charge in [0.2, 0.25) is 0 Å². The van der Waals surface area contributed by atoms with Crippen LogP contribution in [0, 0.1) is 22.7 Å². The van der Waals surface area contributed by atoms with Gasteiger partial charge < -0.3 is 9.72 Å². The zero-order valence-electron chi connectivity index (χ0n) is 11.0. The number of imidazole rings is 1. The van der Waals surface area contributed by atoms with Gasteiger partial charge in [-0.1, -0.05) is 0 Å². The maximum absolute atomic E-state index is 9.37. The number of nitrogens with one attached hydrogen (secondary N) is 1. The number of H-pyrrole nitrogens is 1. The minimum absolute atomic E-state index is 0.235. The molecule has 0 atom stereocenters. The van der Waals surface area contributed by atoms with E-state index in [2.05, 4.69) is 26.0 Å². The molecule has 0 fully saturated rings. The van der Waals surface area contributed by atoms with Gasteiger partial charge in [0.25, 0.3) is 0 Å². The summed E-state index contributed by atoms with van der Waals surface area (Å²) in [5.41, 5.74) is 2.06. The Morgan fingerprint density at radius 2 is 1.95 bits per heavy atom. The number of benzene rings is 1.